The summed E-state index contributed by atoms with van der Waals surface area (Å²) in [5.41, 5.74) is 3.12. The lowest BCUT2D eigenvalue weighted by Crippen LogP contribution is -2.47. The van der Waals surface area contributed by atoms with Crippen LogP contribution >= 0.6 is 0 Å². The van der Waals surface area contributed by atoms with Gasteiger partial charge in [-0.1, -0.05) is 91.0 Å². The van der Waals surface area contributed by atoms with Crippen molar-refractivity contribution >= 4 is 5.97 Å². The van der Waals surface area contributed by atoms with Gasteiger partial charge in [-0.2, -0.15) is 0 Å². The fourth-order valence-corrected chi connectivity index (χ4v) is 4.26. The number of nitrogens with one attached hydrogen (secondary N) is 1. The second-order valence-corrected chi connectivity index (χ2v) is 8.04. The van der Waals surface area contributed by atoms with E-state index in [2.05, 4.69) is 41.7 Å². The molecule has 4 rings (SSSR count). The number of carbonyl (C=O) groups is 1. The number of rotatable bonds is 10. The molecule has 0 radical (unpaired) electrons. The number of benzene rings is 4. The average molecular weight is 468 g/mol. The summed E-state index contributed by atoms with van der Waals surface area (Å²) in [5, 5.41) is 3.54. The number of hydrogen-bond donors (Lipinski definition) is 1. The largest absolute Gasteiger partial charge is 0.497 e. The van der Waals surface area contributed by atoms with Crippen molar-refractivity contribution in [3.05, 3.63) is 131 Å². The Morgan fingerprint density at radius 2 is 1.23 bits per heavy atom. The van der Waals surface area contributed by atoms with Crippen LogP contribution in [-0.2, 0) is 21.7 Å². The minimum Gasteiger partial charge on any atom is -0.497 e. The lowest BCUT2D eigenvalue weighted by molar-refractivity contribution is -0.144. The average Bonchev–Trinajstić information content (AvgIpc) is 2.94. The van der Waals surface area contributed by atoms with Gasteiger partial charge in [0.2, 0.25) is 0 Å². The smallest absolute Gasteiger partial charge is 0.320 e. The number of ether oxygens (including phenoxy) is 3. The molecular weight excluding hydrogens is 438 g/mol. The molecule has 0 saturated carbocycles. The van der Waals surface area contributed by atoms with Gasteiger partial charge in [0.25, 0.3) is 0 Å². The molecule has 0 saturated heterocycles. The van der Waals surface area contributed by atoms with Crippen molar-refractivity contribution < 1.29 is 19.0 Å². The quantitative estimate of drug-likeness (QED) is 0.252. The Morgan fingerprint density at radius 1 is 0.714 bits per heavy atom. The topological polar surface area (TPSA) is 56.8 Å². The number of esters is 1. The first-order chi connectivity index (χ1) is 17.2. The zero-order chi connectivity index (χ0) is 24.5. The molecule has 0 bridgehead atoms. The highest BCUT2D eigenvalue weighted by molar-refractivity contribution is 5.72. The summed E-state index contributed by atoms with van der Waals surface area (Å²) in [4.78, 5) is 12.9. The van der Waals surface area contributed by atoms with Crippen LogP contribution in [0.2, 0.25) is 0 Å². The summed E-state index contributed by atoms with van der Waals surface area (Å²) in [6.45, 7) is 0.111. The van der Waals surface area contributed by atoms with Crippen LogP contribution in [0, 0.1) is 0 Å². The molecule has 0 atom stereocenters. The van der Waals surface area contributed by atoms with Gasteiger partial charge >= 0.3 is 5.97 Å². The number of carbonyl (C=O) groups excluding carboxylic acids is 1. The Morgan fingerprint density at radius 3 is 1.69 bits per heavy atom. The van der Waals surface area contributed by atoms with E-state index in [0.717, 1.165) is 22.3 Å². The second kappa shape index (κ2) is 11.4. The fourth-order valence-electron chi connectivity index (χ4n) is 4.26. The van der Waals surface area contributed by atoms with Gasteiger partial charge in [0.1, 0.15) is 18.1 Å². The first kappa shape index (κ1) is 24.0. The predicted octanol–water partition coefficient (Wildman–Crippen LogP) is 5.33. The lowest BCUT2D eigenvalue weighted by atomic mass is 9.77. The maximum absolute atomic E-state index is 12.9. The Bertz CT molecular complexity index is 1130. The van der Waals surface area contributed by atoms with Crippen molar-refractivity contribution in [3.63, 3.8) is 0 Å². The highest BCUT2D eigenvalue weighted by Crippen LogP contribution is 2.36. The fraction of sp³-hybridized carbons (Fsp3) is 0.167. The van der Waals surface area contributed by atoms with Gasteiger partial charge in [-0.15, -0.1) is 0 Å². The minimum atomic E-state index is -0.736. The number of hydrogen-bond acceptors (Lipinski definition) is 5. The number of methoxy groups -OCH3 is 2. The third-order valence-electron chi connectivity index (χ3n) is 6.00. The highest BCUT2D eigenvalue weighted by Gasteiger charge is 2.36. The van der Waals surface area contributed by atoms with Gasteiger partial charge < -0.3 is 14.2 Å². The van der Waals surface area contributed by atoms with Gasteiger partial charge in [-0.25, -0.2) is 0 Å². The molecule has 0 unspecified atom stereocenters. The summed E-state index contributed by atoms with van der Waals surface area (Å²) in [7, 11) is 3.17. The maximum atomic E-state index is 12.9. The Labute approximate surface area is 206 Å². The van der Waals surface area contributed by atoms with Crippen LogP contribution in [0.4, 0.5) is 0 Å². The molecule has 178 valence electrons. The second-order valence-electron chi connectivity index (χ2n) is 8.04. The highest BCUT2D eigenvalue weighted by atomic mass is 16.5. The molecule has 0 aromatic heterocycles. The third kappa shape index (κ3) is 5.36. The van der Waals surface area contributed by atoms with E-state index in [9.17, 15) is 4.79 Å². The molecule has 0 aliphatic rings. The van der Waals surface area contributed by atoms with E-state index in [4.69, 9.17) is 14.2 Å². The molecule has 1 N–H and O–H groups in total. The maximum Gasteiger partial charge on any atom is 0.320 e. The first-order valence-electron chi connectivity index (χ1n) is 11.5. The normalized spacial score (nSPS) is 11.0. The van der Waals surface area contributed by atoms with Crippen LogP contribution < -0.4 is 14.8 Å². The van der Waals surface area contributed by atoms with Crippen LogP contribution in [0.5, 0.6) is 11.5 Å². The molecule has 5 heteroatoms. The van der Waals surface area contributed by atoms with Crippen LogP contribution in [0.15, 0.2) is 109 Å². The predicted molar refractivity (Wildman–Crippen MR) is 137 cm³/mol. The zero-order valence-corrected chi connectivity index (χ0v) is 19.9. The van der Waals surface area contributed by atoms with Crippen molar-refractivity contribution in [2.75, 3.05) is 20.8 Å². The molecule has 4 aromatic rings. The first-order valence-corrected chi connectivity index (χ1v) is 11.5. The molecule has 5 nitrogen and oxygen atoms in total. The molecule has 0 spiro atoms. The molecule has 0 aliphatic heterocycles. The molecule has 4 aromatic carbocycles. The summed E-state index contributed by atoms with van der Waals surface area (Å²) in [6.07, 6.45) is 0. The van der Waals surface area contributed by atoms with Gasteiger partial charge in [-0.05, 0) is 28.8 Å². The molecule has 0 heterocycles. The van der Waals surface area contributed by atoms with E-state index in [0.29, 0.717) is 11.5 Å². The summed E-state index contributed by atoms with van der Waals surface area (Å²) < 4.78 is 16.3. The molecule has 0 aliphatic carbocycles. The summed E-state index contributed by atoms with van der Waals surface area (Å²) in [5.74, 6) is 0.921. The van der Waals surface area contributed by atoms with Crippen molar-refractivity contribution in [3.8, 4) is 11.5 Å². The van der Waals surface area contributed by atoms with E-state index >= 15 is 0 Å². The standard InChI is InChI=1S/C30H29NO4/c1-33-27-19-18-23(28(20-27)34-2)22-35-29(32)21-31-30(24-12-6-3-7-13-24,25-14-8-4-9-15-25)26-16-10-5-11-17-26/h3-20,31H,21-22H2,1-2H3. The van der Waals surface area contributed by atoms with Gasteiger partial charge in [0.05, 0.1) is 26.3 Å². The van der Waals surface area contributed by atoms with E-state index in [-0.39, 0.29) is 19.1 Å². The Hall–Kier alpha value is -4.09. The van der Waals surface area contributed by atoms with Gasteiger partial charge in [0.15, 0.2) is 0 Å². The van der Waals surface area contributed by atoms with Gasteiger partial charge in [-0.3, -0.25) is 10.1 Å². The molecule has 0 amide bonds. The molecule has 0 fully saturated rings. The minimum absolute atomic E-state index is 0.0111. The van der Waals surface area contributed by atoms with Crippen molar-refractivity contribution in [1.29, 1.82) is 0 Å². The monoisotopic (exact) mass is 467 g/mol. The SMILES string of the molecule is COc1ccc(COC(=O)CNC(c2ccccc2)(c2ccccc2)c2ccccc2)c(OC)c1. The van der Waals surface area contributed by atoms with Crippen LogP contribution in [0.25, 0.3) is 0 Å². The van der Waals surface area contributed by atoms with Crippen LogP contribution in [-0.4, -0.2) is 26.7 Å². The summed E-state index contributed by atoms with van der Waals surface area (Å²) >= 11 is 0. The van der Waals surface area contributed by atoms with Crippen LogP contribution in [0.3, 0.4) is 0 Å². The van der Waals surface area contributed by atoms with Crippen molar-refractivity contribution in [1.82, 2.24) is 5.32 Å². The van der Waals surface area contributed by atoms with E-state index in [1.165, 1.54) is 0 Å². The van der Waals surface area contributed by atoms with E-state index in [1.807, 2.05) is 66.7 Å². The van der Waals surface area contributed by atoms with E-state index in [1.54, 1.807) is 20.3 Å². The Balaban J connectivity index is 1.61. The zero-order valence-electron chi connectivity index (χ0n) is 19.9. The van der Waals surface area contributed by atoms with Crippen LogP contribution in [0.1, 0.15) is 22.3 Å². The molecular formula is C30H29NO4. The summed E-state index contributed by atoms with van der Waals surface area (Å²) in [6, 6.07) is 35.8. The van der Waals surface area contributed by atoms with Crippen molar-refractivity contribution in [2.45, 2.75) is 12.1 Å². The van der Waals surface area contributed by atoms with Crippen molar-refractivity contribution in [2.24, 2.45) is 0 Å². The van der Waals surface area contributed by atoms with E-state index < -0.39 is 5.54 Å². The Kier molecular flexibility index (Phi) is 7.81. The van der Waals surface area contributed by atoms with Gasteiger partial charge in [0, 0.05) is 11.6 Å². The third-order valence-corrected chi connectivity index (χ3v) is 6.00. The lowest BCUT2D eigenvalue weighted by Gasteiger charge is -2.36. The molecule has 35 heavy (non-hydrogen) atoms.